The molecule has 0 unspecified atom stereocenters. The minimum absolute atomic E-state index is 0.768. The molecule has 0 bridgehead atoms. The fourth-order valence-electron chi connectivity index (χ4n) is 2.17. The Morgan fingerprint density at radius 3 is 2.83 bits per heavy atom. The predicted molar refractivity (Wildman–Crippen MR) is 99.6 cm³/mol. The highest BCUT2D eigenvalue weighted by atomic mass is 35.5. The highest BCUT2D eigenvalue weighted by Crippen LogP contribution is 2.24. The van der Waals surface area contributed by atoms with Gasteiger partial charge in [0.05, 0.1) is 11.9 Å². The van der Waals surface area contributed by atoms with Crippen LogP contribution in [0.25, 0.3) is 11.3 Å². The Morgan fingerprint density at radius 2 is 2.04 bits per heavy atom. The second-order valence-corrected chi connectivity index (χ2v) is 6.24. The third-order valence-corrected chi connectivity index (χ3v) is 4.51. The van der Waals surface area contributed by atoms with Gasteiger partial charge in [0, 0.05) is 16.0 Å². The molecule has 116 valence electrons. The summed E-state index contributed by atoms with van der Waals surface area (Å²) in [6.45, 7) is 2.08. The van der Waals surface area contributed by atoms with Crippen molar-refractivity contribution in [2.24, 2.45) is 5.10 Å². The van der Waals surface area contributed by atoms with Gasteiger partial charge in [-0.2, -0.15) is 5.10 Å². The molecule has 0 spiro atoms. The zero-order valence-corrected chi connectivity index (χ0v) is 14.2. The van der Waals surface area contributed by atoms with E-state index in [1.54, 1.807) is 6.21 Å². The molecule has 0 atom stereocenters. The van der Waals surface area contributed by atoms with E-state index in [2.05, 4.69) is 22.4 Å². The van der Waals surface area contributed by atoms with Crippen molar-refractivity contribution < 1.29 is 0 Å². The summed E-state index contributed by atoms with van der Waals surface area (Å²) in [5.41, 5.74) is 7.17. The van der Waals surface area contributed by atoms with Crippen LogP contribution in [0.4, 0.5) is 5.13 Å². The van der Waals surface area contributed by atoms with Crippen LogP contribution in [0.2, 0.25) is 5.02 Å². The largest absolute Gasteiger partial charge is 0.253 e. The lowest BCUT2D eigenvalue weighted by molar-refractivity contribution is 1.14. The van der Waals surface area contributed by atoms with E-state index in [1.807, 2.05) is 53.9 Å². The van der Waals surface area contributed by atoms with Crippen LogP contribution in [0.3, 0.4) is 0 Å². The van der Waals surface area contributed by atoms with Crippen molar-refractivity contribution in [3.63, 3.8) is 0 Å². The summed E-state index contributed by atoms with van der Waals surface area (Å²) in [5, 5.41) is 7.84. The van der Waals surface area contributed by atoms with Crippen LogP contribution < -0.4 is 5.43 Å². The van der Waals surface area contributed by atoms with E-state index < -0.39 is 0 Å². The van der Waals surface area contributed by atoms with Gasteiger partial charge in [0.1, 0.15) is 0 Å². The van der Waals surface area contributed by atoms with Crippen LogP contribution in [0.5, 0.6) is 0 Å². The number of benzene rings is 2. The number of anilines is 1. The average molecular weight is 342 g/mol. The van der Waals surface area contributed by atoms with Crippen molar-refractivity contribution >= 4 is 34.3 Å². The molecule has 0 aliphatic rings. The summed E-state index contributed by atoms with van der Waals surface area (Å²) in [6.07, 6.45) is 2.68. The maximum atomic E-state index is 6.12. The van der Waals surface area contributed by atoms with E-state index in [9.17, 15) is 0 Å². The fraction of sp³-hybridized carbons (Fsp3) is 0.111. The normalized spacial score (nSPS) is 11.0. The van der Waals surface area contributed by atoms with Gasteiger partial charge in [-0.25, -0.2) is 4.98 Å². The monoisotopic (exact) mass is 341 g/mol. The summed E-state index contributed by atoms with van der Waals surface area (Å²) in [6, 6.07) is 16.0. The molecule has 3 rings (SSSR count). The summed E-state index contributed by atoms with van der Waals surface area (Å²) < 4.78 is 0. The summed E-state index contributed by atoms with van der Waals surface area (Å²) in [7, 11) is 0. The Bertz CT molecular complexity index is 812. The number of nitrogens with one attached hydrogen (secondary N) is 1. The van der Waals surface area contributed by atoms with E-state index in [0.717, 1.165) is 39.0 Å². The molecule has 3 aromatic rings. The lowest BCUT2D eigenvalue weighted by Crippen LogP contribution is -1.92. The molecule has 0 radical (unpaired) electrons. The second-order valence-electron chi connectivity index (χ2n) is 4.98. The molecular formula is C18H16ClN3S. The molecule has 0 aliphatic heterocycles. The zero-order valence-electron chi connectivity index (χ0n) is 12.7. The summed E-state index contributed by atoms with van der Waals surface area (Å²) in [4.78, 5) is 4.53. The Morgan fingerprint density at radius 1 is 1.22 bits per heavy atom. The molecule has 5 heteroatoms. The number of halogens is 1. The minimum Gasteiger partial charge on any atom is -0.253 e. The molecule has 1 aromatic heterocycles. The van der Waals surface area contributed by atoms with E-state index in [-0.39, 0.29) is 0 Å². The SMILES string of the molecule is CCc1cc(C=NNc2nc(-c3ccccc3)cs2)ccc1Cl. The first-order valence-electron chi connectivity index (χ1n) is 7.34. The van der Waals surface area contributed by atoms with Gasteiger partial charge >= 0.3 is 0 Å². The van der Waals surface area contributed by atoms with Crippen molar-refractivity contribution in [1.82, 2.24) is 4.98 Å². The van der Waals surface area contributed by atoms with E-state index in [1.165, 1.54) is 11.3 Å². The van der Waals surface area contributed by atoms with Crippen LogP contribution >= 0.6 is 22.9 Å². The third kappa shape index (κ3) is 3.97. The van der Waals surface area contributed by atoms with Crippen LogP contribution in [0.1, 0.15) is 18.1 Å². The number of hydrazone groups is 1. The molecule has 0 amide bonds. The van der Waals surface area contributed by atoms with Gasteiger partial charge in [-0.3, -0.25) is 5.43 Å². The lowest BCUT2D eigenvalue weighted by Gasteiger charge is -2.01. The molecule has 1 N–H and O–H groups in total. The standard InChI is InChI=1S/C18H16ClN3S/c1-2-14-10-13(8-9-16(14)19)11-20-22-18-21-17(12-23-18)15-6-4-3-5-7-15/h3-12H,2H2,1H3,(H,21,22). The van der Waals surface area contributed by atoms with Crippen LogP contribution in [-0.2, 0) is 6.42 Å². The molecule has 2 aromatic carbocycles. The number of rotatable bonds is 5. The van der Waals surface area contributed by atoms with Gasteiger partial charge in [0.25, 0.3) is 0 Å². The molecule has 23 heavy (non-hydrogen) atoms. The Kier molecular flexibility index (Phi) is 5.05. The third-order valence-electron chi connectivity index (χ3n) is 3.40. The van der Waals surface area contributed by atoms with Crippen LogP contribution in [0, 0.1) is 0 Å². The lowest BCUT2D eigenvalue weighted by atomic mass is 10.1. The molecule has 0 saturated carbocycles. The van der Waals surface area contributed by atoms with Gasteiger partial charge in [0.2, 0.25) is 5.13 Å². The van der Waals surface area contributed by atoms with Gasteiger partial charge in [0.15, 0.2) is 0 Å². The first kappa shape index (κ1) is 15.7. The Balaban J connectivity index is 1.68. The van der Waals surface area contributed by atoms with Crippen LogP contribution in [0.15, 0.2) is 59.0 Å². The maximum Gasteiger partial charge on any atom is 0.203 e. The predicted octanol–water partition coefficient (Wildman–Crippen LogP) is 5.47. The van der Waals surface area contributed by atoms with Crippen molar-refractivity contribution in [3.8, 4) is 11.3 Å². The van der Waals surface area contributed by atoms with E-state index >= 15 is 0 Å². The summed E-state index contributed by atoms with van der Waals surface area (Å²) >= 11 is 7.65. The second kappa shape index (κ2) is 7.40. The van der Waals surface area contributed by atoms with Gasteiger partial charge < -0.3 is 0 Å². The van der Waals surface area contributed by atoms with Crippen molar-refractivity contribution in [2.75, 3.05) is 5.43 Å². The van der Waals surface area contributed by atoms with E-state index in [0.29, 0.717) is 0 Å². The van der Waals surface area contributed by atoms with Gasteiger partial charge in [-0.05, 0) is 29.7 Å². The average Bonchev–Trinajstić information content (AvgIpc) is 3.06. The Labute approximate surface area is 144 Å². The van der Waals surface area contributed by atoms with Crippen molar-refractivity contribution in [3.05, 3.63) is 70.1 Å². The highest BCUT2D eigenvalue weighted by molar-refractivity contribution is 7.14. The first-order valence-corrected chi connectivity index (χ1v) is 8.60. The number of thiazole rings is 1. The molecular weight excluding hydrogens is 326 g/mol. The van der Waals surface area contributed by atoms with Crippen molar-refractivity contribution in [2.45, 2.75) is 13.3 Å². The molecule has 0 saturated heterocycles. The number of nitrogens with zero attached hydrogens (tertiary/aromatic N) is 2. The zero-order chi connectivity index (χ0) is 16.1. The number of aromatic nitrogens is 1. The quantitative estimate of drug-likeness (QED) is 0.493. The van der Waals surface area contributed by atoms with Crippen molar-refractivity contribution in [1.29, 1.82) is 0 Å². The minimum atomic E-state index is 0.768. The van der Waals surface area contributed by atoms with Gasteiger partial charge in [-0.1, -0.05) is 54.9 Å². The smallest absolute Gasteiger partial charge is 0.203 e. The Hall–Kier alpha value is -2.17. The fourth-order valence-corrected chi connectivity index (χ4v) is 3.09. The molecule has 0 aliphatic carbocycles. The maximum absolute atomic E-state index is 6.12. The number of aryl methyl sites for hydroxylation is 1. The topological polar surface area (TPSA) is 37.3 Å². The van der Waals surface area contributed by atoms with E-state index in [4.69, 9.17) is 11.6 Å². The number of hydrogen-bond acceptors (Lipinski definition) is 4. The highest BCUT2D eigenvalue weighted by Gasteiger charge is 2.03. The van der Waals surface area contributed by atoms with Gasteiger partial charge in [-0.15, -0.1) is 11.3 Å². The molecule has 1 heterocycles. The molecule has 3 nitrogen and oxygen atoms in total. The van der Waals surface area contributed by atoms with Crippen LogP contribution in [-0.4, -0.2) is 11.2 Å². The number of hydrogen-bond donors (Lipinski definition) is 1. The molecule has 0 fully saturated rings. The summed E-state index contributed by atoms with van der Waals surface area (Å²) in [5.74, 6) is 0. The first-order chi connectivity index (χ1) is 11.3.